The average Bonchev–Trinajstić information content (AvgIpc) is 3.37. The van der Waals surface area contributed by atoms with Crippen molar-refractivity contribution in [2.24, 2.45) is 0 Å². The highest BCUT2D eigenvalue weighted by molar-refractivity contribution is 7.86. The Morgan fingerprint density at radius 3 is 2.32 bits per heavy atom. The number of benzene rings is 2. The first-order valence-electron chi connectivity index (χ1n) is 11.7. The van der Waals surface area contributed by atoms with E-state index in [1.165, 1.54) is 11.0 Å². The smallest absolute Gasteiger partial charge is 0.296 e. The Bertz CT molecular complexity index is 1620. The second-order valence-corrected chi connectivity index (χ2v) is 9.97. The van der Waals surface area contributed by atoms with E-state index in [0.29, 0.717) is 30.4 Å². The van der Waals surface area contributed by atoms with E-state index in [4.69, 9.17) is 9.26 Å². The third-order valence-corrected chi connectivity index (χ3v) is 6.61. The van der Waals surface area contributed by atoms with E-state index < -0.39 is 10.1 Å². The van der Waals surface area contributed by atoms with Gasteiger partial charge >= 0.3 is 0 Å². The molecular formula is C28H24N4O5S. The van der Waals surface area contributed by atoms with Crippen molar-refractivity contribution in [3.05, 3.63) is 120 Å². The van der Waals surface area contributed by atoms with Crippen molar-refractivity contribution >= 4 is 27.5 Å². The minimum absolute atomic E-state index is 0.200. The fourth-order valence-electron chi connectivity index (χ4n) is 3.90. The molecule has 0 saturated carbocycles. The van der Waals surface area contributed by atoms with Gasteiger partial charge in [0.05, 0.1) is 11.4 Å². The predicted molar refractivity (Wildman–Crippen MR) is 141 cm³/mol. The Labute approximate surface area is 220 Å². The summed E-state index contributed by atoms with van der Waals surface area (Å²) in [5.74, 6) is 1.23. The first-order valence-corrected chi connectivity index (χ1v) is 13.2. The monoisotopic (exact) mass is 528 g/mol. The second kappa shape index (κ2) is 10.8. The van der Waals surface area contributed by atoms with Crippen LogP contribution in [-0.2, 0) is 23.1 Å². The fraction of sp³-hybridized carbons (Fsp3) is 0.107. The molecule has 9 nitrogen and oxygen atoms in total. The van der Waals surface area contributed by atoms with E-state index in [9.17, 15) is 13.0 Å². The summed E-state index contributed by atoms with van der Waals surface area (Å²) in [7, 11) is -4.53. The van der Waals surface area contributed by atoms with Crippen LogP contribution in [0, 0.1) is 6.92 Å². The maximum Gasteiger partial charge on any atom is 0.296 e. The van der Waals surface area contributed by atoms with E-state index in [1.54, 1.807) is 54.9 Å². The molecule has 0 aliphatic heterocycles. The standard InChI is InChI=1S/C28H24N4O5S/c1-20-8-13-25(38(33,34)35)24(16-20)32(26-6-2-4-14-29-26)28-18-23(31-37-28)17-21-9-11-22(12-10-21)19-36-27-7-3-5-15-30-27/h2-16,18H,17,19H2,1H3,(H,33,34,35). The van der Waals surface area contributed by atoms with Crippen molar-refractivity contribution in [2.45, 2.75) is 24.8 Å². The van der Waals surface area contributed by atoms with E-state index in [1.807, 2.05) is 43.3 Å². The van der Waals surface area contributed by atoms with Gasteiger partial charge in [0.2, 0.25) is 11.8 Å². The van der Waals surface area contributed by atoms with Crippen LogP contribution in [0.4, 0.5) is 17.4 Å². The van der Waals surface area contributed by atoms with Gasteiger partial charge in [0.1, 0.15) is 17.3 Å². The molecule has 0 aliphatic carbocycles. The number of rotatable bonds is 9. The summed E-state index contributed by atoms with van der Waals surface area (Å²) in [6.45, 7) is 2.22. The highest BCUT2D eigenvalue weighted by atomic mass is 32.2. The zero-order valence-corrected chi connectivity index (χ0v) is 21.2. The molecule has 3 heterocycles. The number of pyridine rings is 2. The molecule has 0 radical (unpaired) electrons. The summed E-state index contributed by atoms with van der Waals surface area (Å²) < 4.78 is 45.6. The van der Waals surface area contributed by atoms with Crippen LogP contribution in [0.2, 0.25) is 0 Å². The van der Waals surface area contributed by atoms with E-state index >= 15 is 0 Å². The Kier molecular flexibility index (Phi) is 7.16. The van der Waals surface area contributed by atoms with E-state index in [0.717, 1.165) is 16.7 Å². The summed E-state index contributed by atoms with van der Waals surface area (Å²) in [5.41, 5.74) is 3.63. The second-order valence-electron chi connectivity index (χ2n) is 8.58. The van der Waals surface area contributed by atoms with Crippen LogP contribution in [0.1, 0.15) is 22.4 Å². The molecule has 0 atom stereocenters. The van der Waals surface area contributed by atoms with Crippen LogP contribution in [0.15, 0.2) is 107 Å². The maximum atomic E-state index is 12.2. The van der Waals surface area contributed by atoms with Gasteiger partial charge in [-0.2, -0.15) is 8.42 Å². The maximum absolute atomic E-state index is 12.2. The van der Waals surface area contributed by atoms with E-state index in [-0.39, 0.29) is 16.5 Å². The first-order chi connectivity index (χ1) is 18.4. The molecule has 3 aromatic heterocycles. The summed E-state index contributed by atoms with van der Waals surface area (Å²) in [5, 5.41) is 4.21. The molecule has 1 N–H and O–H groups in total. The highest BCUT2D eigenvalue weighted by Gasteiger charge is 2.26. The zero-order valence-electron chi connectivity index (χ0n) is 20.4. The van der Waals surface area contributed by atoms with Crippen LogP contribution >= 0.6 is 0 Å². The molecular weight excluding hydrogens is 504 g/mol. The SMILES string of the molecule is Cc1ccc(S(=O)(=O)O)c(N(c2ccccn2)c2cc(Cc3ccc(COc4ccccn4)cc3)no2)c1. The minimum Gasteiger partial charge on any atom is -0.473 e. The van der Waals surface area contributed by atoms with Gasteiger partial charge in [-0.05, 0) is 53.9 Å². The lowest BCUT2D eigenvalue weighted by molar-refractivity contribution is 0.294. The molecule has 38 heavy (non-hydrogen) atoms. The number of aromatic nitrogens is 3. The minimum atomic E-state index is -4.53. The number of hydrogen-bond acceptors (Lipinski definition) is 8. The van der Waals surface area contributed by atoms with Crippen LogP contribution in [0.5, 0.6) is 5.88 Å². The number of nitrogens with zero attached hydrogens (tertiary/aromatic N) is 4. The summed E-state index contributed by atoms with van der Waals surface area (Å²) in [4.78, 5) is 9.78. The van der Waals surface area contributed by atoms with Gasteiger partial charge in [0, 0.05) is 30.9 Å². The predicted octanol–water partition coefficient (Wildman–Crippen LogP) is 5.66. The normalized spacial score (nSPS) is 11.3. The quantitative estimate of drug-likeness (QED) is 0.242. The molecule has 2 aromatic carbocycles. The Balaban J connectivity index is 1.40. The van der Waals surface area contributed by atoms with Crippen molar-refractivity contribution in [1.29, 1.82) is 0 Å². The molecule has 0 amide bonds. The number of anilines is 3. The summed E-state index contributed by atoms with van der Waals surface area (Å²) in [6, 6.07) is 25.0. The summed E-state index contributed by atoms with van der Waals surface area (Å²) >= 11 is 0. The van der Waals surface area contributed by atoms with Crippen LogP contribution in [0.25, 0.3) is 0 Å². The Morgan fingerprint density at radius 1 is 0.895 bits per heavy atom. The van der Waals surface area contributed by atoms with Crippen LogP contribution < -0.4 is 9.64 Å². The van der Waals surface area contributed by atoms with Gasteiger partial charge in [-0.25, -0.2) is 9.97 Å². The Hall–Kier alpha value is -4.54. The van der Waals surface area contributed by atoms with Crippen molar-refractivity contribution in [3.8, 4) is 5.88 Å². The van der Waals surface area contributed by atoms with Crippen LogP contribution in [-0.4, -0.2) is 28.1 Å². The molecule has 5 aromatic rings. The van der Waals surface area contributed by atoms with Gasteiger partial charge in [-0.15, -0.1) is 0 Å². The molecule has 5 rings (SSSR count). The lowest BCUT2D eigenvalue weighted by atomic mass is 10.1. The third kappa shape index (κ3) is 5.88. The molecule has 10 heteroatoms. The molecule has 0 aliphatic rings. The van der Waals surface area contributed by atoms with Gasteiger partial charge in [-0.1, -0.05) is 47.6 Å². The van der Waals surface area contributed by atoms with Gasteiger partial charge < -0.3 is 9.26 Å². The molecule has 0 unspecified atom stereocenters. The third-order valence-electron chi connectivity index (χ3n) is 5.71. The Morgan fingerprint density at radius 2 is 1.63 bits per heavy atom. The highest BCUT2D eigenvalue weighted by Crippen LogP contribution is 2.38. The van der Waals surface area contributed by atoms with Gasteiger partial charge in [0.15, 0.2) is 0 Å². The van der Waals surface area contributed by atoms with Crippen molar-refractivity contribution < 1.29 is 22.2 Å². The largest absolute Gasteiger partial charge is 0.473 e. The van der Waals surface area contributed by atoms with Crippen LogP contribution in [0.3, 0.4) is 0 Å². The summed E-state index contributed by atoms with van der Waals surface area (Å²) in [6.07, 6.45) is 3.75. The molecule has 192 valence electrons. The molecule has 0 saturated heterocycles. The number of aryl methyl sites for hydroxylation is 1. The zero-order chi connectivity index (χ0) is 26.5. The van der Waals surface area contributed by atoms with Crippen molar-refractivity contribution in [2.75, 3.05) is 4.90 Å². The van der Waals surface area contributed by atoms with Crippen molar-refractivity contribution in [1.82, 2.24) is 15.1 Å². The van der Waals surface area contributed by atoms with E-state index in [2.05, 4.69) is 15.1 Å². The number of ether oxygens (including phenoxy) is 1. The lowest BCUT2D eigenvalue weighted by Crippen LogP contribution is -2.15. The molecule has 0 bridgehead atoms. The number of hydrogen-bond donors (Lipinski definition) is 1. The first kappa shape index (κ1) is 25.1. The van der Waals surface area contributed by atoms with Gasteiger partial charge in [-0.3, -0.25) is 9.45 Å². The van der Waals surface area contributed by atoms with Crippen molar-refractivity contribution in [3.63, 3.8) is 0 Å². The molecule has 0 fully saturated rings. The lowest BCUT2D eigenvalue weighted by Gasteiger charge is -2.22. The topological polar surface area (TPSA) is 119 Å². The fourth-order valence-corrected chi connectivity index (χ4v) is 4.56. The average molecular weight is 529 g/mol. The molecule has 0 spiro atoms. The van der Waals surface area contributed by atoms with Gasteiger partial charge in [0.25, 0.3) is 10.1 Å².